The van der Waals surface area contributed by atoms with Gasteiger partial charge in [0.1, 0.15) is 0 Å². The molecule has 0 saturated heterocycles. The van der Waals surface area contributed by atoms with Gasteiger partial charge in [-0.05, 0) is 37.3 Å². The summed E-state index contributed by atoms with van der Waals surface area (Å²) in [5.41, 5.74) is 9.09. The largest absolute Gasteiger partial charge is 0.367 e. The number of anilines is 1. The van der Waals surface area contributed by atoms with Crippen LogP contribution in [0, 0.1) is 5.92 Å². The SMILES string of the molecule is CC(C)C(N)CN1c2ccccc2CCC1C. The van der Waals surface area contributed by atoms with E-state index in [4.69, 9.17) is 5.73 Å². The van der Waals surface area contributed by atoms with E-state index in [2.05, 4.69) is 49.9 Å². The average Bonchev–Trinajstić information content (AvgIpc) is 2.32. The van der Waals surface area contributed by atoms with Crippen molar-refractivity contribution in [1.82, 2.24) is 0 Å². The molecule has 2 heteroatoms. The van der Waals surface area contributed by atoms with Crippen LogP contribution < -0.4 is 10.6 Å². The number of fused-ring (bicyclic) bond motifs is 1. The van der Waals surface area contributed by atoms with Crippen LogP contribution in [0.25, 0.3) is 0 Å². The smallest absolute Gasteiger partial charge is 0.0401 e. The van der Waals surface area contributed by atoms with Crippen LogP contribution in [0.15, 0.2) is 24.3 Å². The van der Waals surface area contributed by atoms with Gasteiger partial charge in [0.15, 0.2) is 0 Å². The molecule has 1 aromatic rings. The molecule has 0 aliphatic carbocycles. The maximum Gasteiger partial charge on any atom is 0.0401 e. The van der Waals surface area contributed by atoms with Crippen LogP contribution in [0.1, 0.15) is 32.8 Å². The van der Waals surface area contributed by atoms with Crippen molar-refractivity contribution >= 4 is 5.69 Å². The first-order chi connectivity index (χ1) is 8.09. The fraction of sp³-hybridized carbons (Fsp3) is 0.600. The number of aryl methyl sites for hydroxylation is 1. The molecule has 1 heterocycles. The first kappa shape index (κ1) is 12.4. The number of hydrogen-bond donors (Lipinski definition) is 1. The van der Waals surface area contributed by atoms with E-state index in [1.165, 1.54) is 24.1 Å². The molecule has 0 aromatic heterocycles. The van der Waals surface area contributed by atoms with E-state index in [1.54, 1.807) is 0 Å². The lowest BCUT2D eigenvalue weighted by molar-refractivity contribution is 0.452. The average molecular weight is 232 g/mol. The molecule has 0 amide bonds. The number of para-hydroxylation sites is 1. The summed E-state index contributed by atoms with van der Waals surface area (Å²) in [4.78, 5) is 2.49. The van der Waals surface area contributed by atoms with Gasteiger partial charge in [-0.3, -0.25) is 0 Å². The van der Waals surface area contributed by atoms with Gasteiger partial charge in [-0.25, -0.2) is 0 Å². The Labute approximate surface area is 105 Å². The van der Waals surface area contributed by atoms with Gasteiger partial charge >= 0.3 is 0 Å². The molecule has 94 valence electrons. The van der Waals surface area contributed by atoms with E-state index in [1.807, 2.05) is 0 Å². The van der Waals surface area contributed by atoms with Crippen molar-refractivity contribution in [3.63, 3.8) is 0 Å². The van der Waals surface area contributed by atoms with E-state index >= 15 is 0 Å². The zero-order valence-electron chi connectivity index (χ0n) is 11.2. The second kappa shape index (κ2) is 5.09. The summed E-state index contributed by atoms with van der Waals surface area (Å²) in [6, 6.07) is 9.60. The summed E-state index contributed by atoms with van der Waals surface area (Å²) in [6.07, 6.45) is 2.44. The Bertz CT molecular complexity index is 373. The van der Waals surface area contributed by atoms with E-state index in [9.17, 15) is 0 Å². The Morgan fingerprint density at radius 3 is 2.76 bits per heavy atom. The number of nitrogens with two attached hydrogens (primary N) is 1. The van der Waals surface area contributed by atoms with Gasteiger partial charge in [-0.15, -0.1) is 0 Å². The molecule has 1 aliphatic rings. The highest BCUT2D eigenvalue weighted by atomic mass is 15.2. The summed E-state index contributed by atoms with van der Waals surface area (Å²) in [6.45, 7) is 7.68. The van der Waals surface area contributed by atoms with Crippen LogP contribution in [0.3, 0.4) is 0 Å². The maximum absolute atomic E-state index is 6.23. The van der Waals surface area contributed by atoms with Crippen molar-refractivity contribution in [1.29, 1.82) is 0 Å². The van der Waals surface area contributed by atoms with Crippen LogP contribution in [0.2, 0.25) is 0 Å². The highest BCUT2D eigenvalue weighted by Crippen LogP contribution is 2.30. The van der Waals surface area contributed by atoms with E-state index in [0.29, 0.717) is 12.0 Å². The molecule has 2 rings (SSSR count). The highest BCUT2D eigenvalue weighted by molar-refractivity contribution is 5.56. The summed E-state index contributed by atoms with van der Waals surface area (Å²) in [7, 11) is 0. The normalized spacial score (nSPS) is 21.5. The molecule has 2 N–H and O–H groups in total. The van der Waals surface area contributed by atoms with Crippen molar-refractivity contribution in [2.75, 3.05) is 11.4 Å². The van der Waals surface area contributed by atoms with Crippen molar-refractivity contribution < 1.29 is 0 Å². The van der Waals surface area contributed by atoms with Gasteiger partial charge in [-0.1, -0.05) is 32.0 Å². The molecule has 1 aromatic carbocycles. The minimum atomic E-state index is 0.253. The lowest BCUT2D eigenvalue weighted by Crippen LogP contribution is -2.46. The molecule has 1 aliphatic heterocycles. The summed E-state index contributed by atoms with van der Waals surface area (Å²) in [5.74, 6) is 0.538. The Morgan fingerprint density at radius 2 is 2.06 bits per heavy atom. The molecule has 0 fully saturated rings. The van der Waals surface area contributed by atoms with Gasteiger partial charge in [0.25, 0.3) is 0 Å². The number of nitrogens with zero attached hydrogens (tertiary/aromatic N) is 1. The first-order valence-electron chi connectivity index (χ1n) is 6.69. The van der Waals surface area contributed by atoms with Gasteiger partial charge in [-0.2, -0.15) is 0 Å². The molecule has 0 spiro atoms. The van der Waals surface area contributed by atoms with Crippen molar-refractivity contribution in [2.24, 2.45) is 11.7 Å². The van der Waals surface area contributed by atoms with Crippen LogP contribution in [-0.4, -0.2) is 18.6 Å². The Balaban J connectivity index is 2.21. The first-order valence-corrected chi connectivity index (χ1v) is 6.69. The molecule has 17 heavy (non-hydrogen) atoms. The van der Waals surface area contributed by atoms with Crippen LogP contribution in [-0.2, 0) is 6.42 Å². The minimum absolute atomic E-state index is 0.253. The van der Waals surface area contributed by atoms with Gasteiger partial charge in [0, 0.05) is 24.3 Å². The molecular weight excluding hydrogens is 208 g/mol. The molecule has 2 nitrogen and oxygen atoms in total. The van der Waals surface area contributed by atoms with Crippen LogP contribution in [0.4, 0.5) is 5.69 Å². The topological polar surface area (TPSA) is 29.3 Å². The Hall–Kier alpha value is -1.02. The summed E-state index contributed by atoms with van der Waals surface area (Å²) < 4.78 is 0. The fourth-order valence-electron chi connectivity index (χ4n) is 2.48. The molecule has 0 saturated carbocycles. The predicted octanol–water partition coefficient (Wildman–Crippen LogP) is 2.81. The standard InChI is InChI=1S/C15H24N2/c1-11(2)14(16)10-17-12(3)8-9-13-6-4-5-7-15(13)17/h4-7,11-12,14H,8-10,16H2,1-3H3. The fourth-order valence-corrected chi connectivity index (χ4v) is 2.48. The molecule has 2 unspecified atom stereocenters. The van der Waals surface area contributed by atoms with Crippen molar-refractivity contribution in [3.8, 4) is 0 Å². The molecule has 0 radical (unpaired) electrons. The van der Waals surface area contributed by atoms with Gasteiger partial charge in [0.2, 0.25) is 0 Å². The number of rotatable bonds is 3. The summed E-state index contributed by atoms with van der Waals surface area (Å²) in [5, 5.41) is 0. The number of hydrogen-bond acceptors (Lipinski definition) is 2. The highest BCUT2D eigenvalue weighted by Gasteiger charge is 2.24. The maximum atomic E-state index is 6.23. The monoisotopic (exact) mass is 232 g/mol. The quantitative estimate of drug-likeness (QED) is 0.868. The van der Waals surface area contributed by atoms with E-state index in [0.717, 1.165) is 6.54 Å². The zero-order chi connectivity index (χ0) is 12.4. The second-order valence-electron chi connectivity index (χ2n) is 5.58. The Kier molecular flexibility index (Phi) is 3.72. The summed E-state index contributed by atoms with van der Waals surface area (Å²) >= 11 is 0. The van der Waals surface area contributed by atoms with E-state index < -0.39 is 0 Å². The molecule has 0 bridgehead atoms. The minimum Gasteiger partial charge on any atom is -0.367 e. The third-order valence-corrected chi connectivity index (χ3v) is 3.93. The molecular formula is C15H24N2. The predicted molar refractivity (Wildman–Crippen MR) is 74.4 cm³/mol. The second-order valence-corrected chi connectivity index (χ2v) is 5.58. The lowest BCUT2D eigenvalue weighted by Gasteiger charge is -2.39. The lowest BCUT2D eigenvalue weighted by atomic mass is 9.95. The van der Waals surface area contributed by atoms with Gasteiger partial charge in [0.05, 0.1) is 0 Å². The zero-order valence-corrected chi connectivity index (χ0v) is 11.2. The van der Waals surface area contributed by atoms with E-state index in [-0.39, 0.29) is 6.04 Å². The third kappa shape index (κ3) is 2.63. The van der Waals surface area contributed by atoms with Crippen molar-refractivity contribution in [2.45, 2.75) is 45.7 Å². The Morgan fingerprint density at radius 1 is 1.35 bits per heavy atom. The number of benzene rings is 1. The van der Waals surface area contributed by atoms with Crippen molar-refractivity contribution in [3.05, 3.63) is 29.8 Å². The van der Waals surface area contributed by atoms with Crippen LogP contribution >= 0.6 is 0 Å². The van der Waals surface area contributed by atoms with Crippen LogP contribution in [0.5, 0.6) is 0 Å². The van der Waals surface area contributed by atoms with Gasteiger partial charge < -0.3 is 10.6 Å². The third-order valence-electron chi connectivity index (χ3n) is 3.93. The molecule has 2 atom stereocenters.